The molecule has 1 fully saturated rings. The first-order valence-electron chi connectivity index (χ1n) is 5.73. The summed E-state index contributed by atoms with van der Waals surface area (Å²) in [6.45, 7) is 3.71. The minimum Gasteiger partial charge on any atom is -0.369 e. The topological polar surface area (TPSA) is 46.3 Å². The van der Waals surface area contributed by atoms with Gasteiger partial charge in [-0.05, 0) is 40.5 Å². The molecule has 0 aliphatic carbocycles. The summed E-state index contributed by atoms with van der Waals surface area (Å²) in [6, 6.07) is 6.29. The lowest BCUT2D eigenvalue weighted by Gasteiger charge is -2.29. The van der Waals surface area contributed by atoms with Crippen molar-refractivity contribution in [3.63, 3.8) is 0 Å². The Hall–Kier alpha value is -0.390. The van der Waals surface area contributed by atoms with Gasteiger partial charge in [-0.3, -0.25) is 4.21 Å². The molecule has 0 aromatic heterocycles. The highest BCUT2D eigenvalue weighted by molar-refractivity contribution is 9.10. The van der Waals surface area contributed by atoms with Gasteiger partial charge in [0, 0.05) is 45.9 Å². The third kappa shape index (κ3) is 3.09. The number of nitrogens with zero attached hydrogens (tertiary/aromatic N) is 1. The Bertz CT molecular complexity index is 427. The van der Waals surface area contributed by atoms with Crippen LogP contribution in [-0.4, -0.2) is 28.8 Å². The summed E-state index contributed by atoms with van der Waals surface area (Å²) in [5, 5.41) is 0. The van der Waals surface area contributed by atoms with Gasteiger partial charge < -0.3 is 10.6 Å². The minimum absolute atomic E-state index is 0.0502. The molecule has 1 aliphatic heterocycles. The van der Waals surface area contributed by atoms with Crippen LogP contribution in [0.1, 0.15) is 18.5 Å². The maximum Gasteiger partial charge on any atom is 0.0511 e. The van der Waals surface area contributed by atoms with Crippen molar-refractivity contribution >= 4 is 32.4 Å². The van der Waals surface area contributed by atoms with Crippen LogP contribution < -0.4 is 10.6 Å². The van der Waals surface area contributed by atoms with Gasteiger partial charge in [-0.25, -0.2) is 0 Å². The predicted molar refractivity (Wildman–Crippen MR) is 76.8 cm³/mol. The van der Waals surface area contributed by atoms with E-state index in [9.17, 15) is 4.21 Å². The molecule has 5 heteroatoms. The molecule has 1 aliphatic rings. The van der Waals surface area contributed by atoms with Crippen molar-refractivity contribution in [1.29, 1.82) is 0 Å². The van der Waals surface area contributed by atoms with E-state index < -0.39 is 10.8 Å². The standard InChI is InChI=1S/C12H17BrN2OS/c1-9(14)10-2-3-12(11(13)8-10)15-4-6-17(16)7-5-15/h2-3,8-9H,4-7,14H2,1H3. The Morgan fingerprint density at radius 1 is 1.41 bits per heavy atom. The second-order valence-electron chi connectivity index (χ2n) is 4.33. The molecule has 94 valence electrons. The summed E-state index contributed by atoms with van der Waals surface area (Å²) < 4.78 is 12.4. The van der Waals surface area contributed by atoms with Gasteiger partial charge >= 0.3 is 0 Å². The quantitative estimate of drug-likeness (QED) is 0.908. The average Bonchev–Trinajstić information content (AvgIpc) is 2.30. The predicted octanol–water partition coefficient (Wildman–Crippen LogP) is 2.04. The Kier molecular flexibility index (Phi) is 4.22. The lowest BCUT2D eigenvalue weighted by molar-refractivity contribution is 0.673. The molecule has 1 heterocycles. The zero-order valence-corrected chi connectivity index (χ0v) is 12.3. The molecule has 0 amide bonds. The largest absolute Gasteiger partial charge is 0.369 e. The van der Waals surface area contributed by atoms with Crippen LogP contribution in [0.15, 0.2) is 22.7 Å². The fourth-order valence-corrected chi connectivity index (χ4v) is 3.64. The Morgan fingerprint density at radius 2 is 2.06 bits per heavy atom. The van der Waals surface area contributed by atoms with Crippen LogP contribution in [0.25, 0.3) is 0 Å². The number of hydrogen-bond acceptors (Lipinski definition) is 3. The Labute approximate surface area is 113 Å². The van der Waals surface area contributed by atoms with Crippen molar-refractivity contribution in [3.8, 4) is 0 Å². The van der Waals surface area contributed by atoms with E-state index in [-0.39, 0.29) is 6.04 Å². The third-order valence-corrected chi connectivity index (χ3v) is 4.93. The van der Waals surface area contributed by atoms with Gasteiger partial charge in [0.1, 0.15) is 0 Å². The van der Waals surface area contributed by atoms with E-state index in [2.05, 4.69) is 39.0 Å². The zero-order chi connectivity index (χ0) is 12.4. The maximum atomic E-state index is 11.3. The van der Waals surface area contributed by atoms with Crippen molar-refractivity contribution in [2.24, 2.45) is 5.73 Å². The van der Waals surface area contributed by atoms with E-state index in [4.69, 9.17) is 5.73 Å². The van der Waals surface area contributed by atoms with E-state index >= 15 is 0 Å². The summed E-state index contributed by atoms with van der Waals surface area (Å²) in [4.78, 5) is 2.27. The molecule has 1 atom stereocenters. The number of benzene rings is 1. The van der Waals surface area contributed by atoms with Crippen molar-refractivity contribution in [2.75, 3.05) is 29.5 Å². The molecule has 0 saturated carbocycles. The van der Waals surface area contributed by atoms with E-state index in [0.717, 1.165) is 34.6 Å². The minimum atomic E-state index is -0.630. The van der Waals surface area contributed by atoms with E-state index in [1.807, 2.05) is 6.92 Å². The first-order valence-corrected chi connectivity index (χ1v) is 8.01. The molecule has 1 unspecified atom stereocenters. The van der Waals surface area contributed by atoms with Crippen molar-refractivity contribution in [3.05, 3.63) is 28.2 Å². The molecule has 2 rings (SSSR count). The summed E-state index contributed by atoms with van der Waals surface area (Å²) in [5.74, 6) is 1.53. The average molecular weight is 317 g/mol. The number of rotatable bonds is 2. The van der Waals surface area contributed by atoms with Crippen LogP contribution in [-0.2, 0) is 10.8 Å². The van der Waals surface area contributed by atoms with E-state index in [1.54, 1.807) is 0 Å². The van der Waals surface area contributed by atoms with Crippen molar-refractivity contribution in [2.45, 2.75) is 13.0 Å². The molecule has 17 heavy (non-hydrogen) atoms. The second-order valence-corrected chi connectivity index (χ2v) is 6.89. The Balaban J connectivity index is 2.19. The molecule has 1 aromatic rings. The highest BCUT2D eigenvalue weighted by atomic mass is 79.9. The van der Waals surface area contributed by atoms with Gasteiger partial charge in [-0.1, -0.05) is 6.07 Å². The van der Waals surface area contributed by atoms with Crippen LogP contribution in [0.2, 0.25) is 0 Å². The third-order valence-electron chi connectivity index (χ3n) is 3.02. The lowest BCUT2D eigenvalue weighted by Crippen LogP contribution is -2.37. The fraction of sp³-hybridized carbons (Fsp3) is 0.500. The molecule has 3 nitrogen and oxygen atoms in total. The van der Waals surface area contributed by atoms with Crippen LogP contribution in [0.5, 0.6) is 0 Å². The van der Waals surface area contributed by atoms with E-state index in [0.29, 0.717) is 0 Å². The Morgan fingerprint density at radius 3 is 2.59 bits per heavy atom. The molecule has 0 spiro atoms. The van der Waals surface area contributed by atoms with Gasteiger partial charge in [0.15, 0.2) is 0 Å². The van der Waals surface area contributed by atoms with Crippen LogP contribution in [0, 0.1) is 0 Å². The normalized spacial score (nSPS) is 19.4. The molecule has 0 radical (unpaired) electrons. The van der Waals surface area contributed by atoms with E-state index in [1.165, 1.54) is 5.69 Å². The van der Waals surface area contributed by atoms with Crippen LogP contribution >= 0.6 is 15.9 Å². The SMILES string of the molecule is CC(N)c1ccc(N2CCS(=O)CC2)c(Br)c1. The van der Waals surface area contributed by atoms with Gasteiger partial charge in [0.2, 0.25) is 0 Å². The van der Waals surface area contributed by atoms with Crippen molar-refractivity contribution in [1.82, 2.24) is 0 Å². The molecule has 2 N–H and O–H groups in total. The molecular weight excluding hydrogens is 300 g/mol. The van der Waals surface area contributed by atoms with Gasteiger partial charge in [0.25, 0.3) is 0 Å². The molecular formula is C12H17BrN2OS. The summed E-state index contributed by atoms with van der Waals surface area (Å²) in [7, 11) is -0.630. The fourth-order valence-electron chi connectivity index (χ4n) is 1.94. The van der Waals surface area contributed by atoms with Crippen LogP contribution in [0.3, 0.4) is 0 Å². The van der Waals surface area contributed by atoms with Gasteiger partial charge in [-0.15, -0.1) is 0 Å². The summed E-state index contributed by atoms with van der Waals surface area (Å²) in [6.07, 6.45) is 0. The highest BCUT2D eigenvalue weighted by Crippen LogP contribution is 2.29. The first kappa shape index (κ1) is 13.1. The number of hydrogen-bond donors (Lipinski definition) is 1. The maximum absolute atomic E-state index is 11.3. The zero-order valence-electron chi connectivity index (χ0n) is 9.86. The lowest BCUT2D eigenvalue weighted by atomic mass is 10.1. The van der Waals surface area contributed by atoms with Crippen LogP contribution in [0.4, 0.5) is 5.69 Å². The first-order chi connectivity index (χ1) is 8.08. The van der Waals surface area contributed by atoms with Gasteiger partial charge in [0.05, 0.1) is 5.69 Å². The summed E-state index contributed by atoms with van der Waals surface area (Å²) in [5.41, 5.74) is 8.15. The summed E-state index contributed by atoms with van der Waals surface area (Å²) >= 11 is 3.59. The molecule has 0 bridgehead atoms. The molecule has 1 saturated heterocycles. The number of anilines is 1. The second kappa shape index (κ2) is 5.50. The monoisotopic (exact) mass is 316 g/mol. The van der Waals surface area contributed by atoms with Crippen molar-refractivity contribution < 1.29 is 4.21 Å². The van der Waals surface area contributed by atoms with Gasteiger partial charge in [-0.2, -0.15) is 0 Å². The smallest absolute Gasteiger partial charge is 0.0511 e. The number of nitrogens with two attached hydrogens (primary N) is 1. The molecule has 1 aromatic carbocycles. The number of halogens is 1. The highest BCUT2D eigenvalue weighted by Gasteiger charge is 2.17.